The lowest BCUT2D eigenvalue weighted by molar-refractivity contribution is -0.140. The van der Waals surface area contributed by atoms with Gasteiger partial charge in [-0.15, -0.1) is 0 Å². The molecule has 0 heterocycles. The summed E-state index contributed by atoms with van der Waals surface area (Å²) in [4.78, 5) is 9.70. The third-order valence-electron chi connectivity index (χ3n) is 2.33. The zero-order valence-corrected chi connectivity index (χ0v) is 13.0. The Hall–Kier alpha value is 0.170. The van der Waals surface area contributed by atoms with Gasteiger partial charge >= 0.3 is 5.97 Å². The molecule has 4 heteroatoms. The summed E-state index contributed by atoms with van der Waals surface area (Å²) < 4.78 is 0. The van der Waals surface area contributed by atoms with Crippen LogP contribution in [0, 0.1) is 17.3 Å². The highest BCUT2D eigenvalue weighted by atomic mass is 32.1. The minimum Gasteiger partial charge on any atom is -0.481 e. The van der Waals surface area contributed by atoms with Crippen LogP contribution in [-0.4, -0.2) is 22.1 Å². The molecule has 0 spiro atoms. The minimum atomic E-state index is -0.741. The van der Waals surface area contributed by atoms with Crippen molar-refractivity contribution >= 4 is 31.2 Å². The average molecular weight is 266 g/mol. The van der Waals surface area contributed by atoms with E-state index in [-0.39, 0.29) is 11.3 Å². The maximum atomic E-state index is 9.70. The second-order valence-corrected chi connectivity index (χ2v) is 6.20. The topological polar surface area (TPSA) is 37.3 Å². The Morgan fingerprint density at radius 3 is 1.62 bits per heavy atom. The van der Waals surface area contributed by atoms with Crippen LogP contribution in [0.1, 0.15) is 41.5 Å². The summed E-state index contributed by atoms with van der Waals surface area (Å²) in [5, 5.41) is 8.44. The van der Waals surface area contributed by atoms with Crippen molar-refractivity contribution in [2.24, 2.45) is 17.3 Å². The maximum absolute atomic E-state index is 9.70. The van der Waals surface area contributed by atoms with E-state index in [1.54, 1.807) is 13.8 Å². The van der Waals surface area contributed by atoms with Crippen LogP contribution >= 0.6 is 25.3 Å². The summed E-state index contributed by atoms with van der Waals surface area (Å²) in [6, 6.07) is 0. The SMILES string of the molecule is CC(C)C(=O)O.CC(C)C(S)C(C)(C)CS. The molecule has 0 aliphatic heterocycles. The first kappa shape index (κ1) is 18.5. The summed E-state index contributed by atoms with van der Waals surface area (Å²) in [7, 11) is 0. The number of aliphatic carboxylic acids is 1. The monoisotopic (exact) mass is 266 g/mol. The van der Waals surface area contributed by atoms with Crippen molar-refractivity contribution in [3.8, 4) is 0 Å². The number of carboxylic acid groups (broad SMARTS) is 1. The first-order valence-corrected chi connectivity index (χ1v) is 6.72. The predicted molar refractivity (Wildman–Crippen MR) is 77.7 cm³/mol. The molecule has 0 aromatic heterocycles. The molecule has 0 aliphatic carbocycles. The van der Waals surface area contributed by atoms with Crippen molar-refractivity contribution in [2.75, 3.05) is 5.75 Å². The molecule has 0 fully saturated rings. The number of carbonyl (C=O) groups is 1. The summed E-state index contributed by atoms with van der Waals surface area (Å²) in [6.45, 7) is 12.1. The van der Waals surface area contributed by atoms with E-state index in [9.17, 15) is 4.79 Å². The van der Waals surface area contributed by atoms with Gasteiger partial charge in [-0.2, -0.15) is 25.3 Å². The van der Waals surface area contributed by atoms with Gasteiger partial charge in [0, 0.05) is 5.25 Å². The number of thiol groups is 2. The quantitative estimate of drug-likeness (QED) is 0.680. The molecule has 16 heavy (non-hydrogen) atoms. The Bertz CT molecular complexity index is 201. The third-order valence-corrected chi connectivity index (χ3v) is 4.44. The zero-order chi connectivity index (χ0) is 13.5. The van der Waals surface area contributed by atoms with Crippen molar-refractivity contribution in [3.05, 3.63) is 0 Å². The lowest BCUT2D eigenvalue weighted by atomic mass is 9.85. The first-order chi connectivity index (χ1) is 7.06. The molecule has 0 aliphatic rings. The van der Waals surface area contributed by atoms with Gasteiger partial charge in [-0.25, -0.2) is 0 Å². The molecule has 0 aromatic rings. The van der Waals surface area contributed by atoms with Gasteiger partial charge in [-0.05, 0) is 17.1 Å². The van der Waals surface area contributed by atoms with Gasteiger partial charge in [0.05, 0.1) is 5.92 Å². The first-order valence-electron chi connectivity index (χ1n) is 5.58. The molecule has 0 aromatic carbocycles. The second kappa shape index (κ2) is 8.29. The average Bonchev–Trinajstić information content (AvgIpc) is 2.17. The molecular weight excluding hydrogens is 240 g/mol. The van der Waals surface area contributed by atoms with Gasteiger partial charge in [0.15, 0.2) is 0 Å². The highest BCUT2D eigenvalue weighted by molar-refractivity contribution is 7.81. The fourth-order valence-corrected chi connectivity index (χ4v) is 1.43. The predicted octanol–water partition coefficient (Wildman–Crippen LogP) is 3.62. The van der Waals surface area contributed by atoms with E-state index in [1.807, 2.05) is 0 Å². The van der Waals surface area contributed by atoms with Gasteiger partial charge in [0.1, 0.15) is 0 Å². The molecule has 1 unspecified atom stereocenters. The van der Waals surface area contributed by atoms with E-state index < -0.39 is 5.97 Å². The Morgan fingerprint density at radius 1 is 1.25 bits per heavy atom. The van der Waals surface area contributed by atoms with Gasteiger partial charge in [0.2, 0.25) is 0 Å². The molecule has 98 valence electrons. The van der Waals surface area contributed by atoms with Gasteiger partial charge in [-0.1, -0.05) is 41.5 Å². The maximum Gasteiger partial charge on any atom is 0.305 e. The van der Waals surface area contributed by atoms with E-state index in [0.717, 1.165) is 5.75 Å². The van der Waals surface area contributed by atoms with Gasteiger partial charge < -0.3 is 5.11 Å². The summed E-state index contributed by atoms with van der Waals surface area (Å²) in [6.07, 6.45) is 0. The lowest BCUT2D eigenvalue weighted by Gasteiger charge is -2.32. The molecule has 1 atom stereocenters. The molecule has 0 bridgehead atoms. The number of hydrogen-bond donors (Lipinski definition) is 3. The minimum absolute atomic E-state index is 0.231. The summed E-state index contributed by atoms with van der Waals surface area (Å²) in [5.41, 5.74) is 0.250. The van der Waals surface area contributed by atoms with E-state index in [4.69, 9.17) is 5.11 Å². The third kappa shape index (κ3) is 8.34. The summed E-state index contributed by atoms with van der Waals surface area (Å²) in [5.74, 6) is 0.560. The number of hydrogen-bond acceptors (Lipinski definition) is 3. The molecule has 0 saturated carbocycles. The van der Waals surface area contributed by atoms with Crippen molar-refractivity contribution in [1.82, 2.24) is 0 Å². The van der Waals surface area contributed by atoms with E-state index in [1.165, 1.54) is 0 Å². The van der Waals surface area contributed by atoms with Crippen LogP contribution in [-0.2, 0) is 4.79 Å². The van der Waals surface area contributed by atoms with E-state index in [2.05, 4.69) is 53.0 Å². The van der Waals surface area contributed by atoms with Crippen LogP contribution in [0.25, 0.3) is 0 Å². The standard InChI is InChI=1S/C8H18S2.C4H8O2/c1-6(2)7(10)8(3,4)5-9;1-3(2)4(5)6/h6-7,9-10H,5H2,1-4H3;3H,1-2H3,(H,5,6). The van der Waals surface area contributed by atoms with Crippen LogP contribution in [0.3, 0.4) is 0 Å². The van der Waals surface area contributed by atoms with E-state index in [0.29, 0.717) is 11.2 Å². The van der Waals surface area contributed by atoms with Crippen LogP contribution in [0.15, 0.2) is 0 Å². The lowest BCUT2D eigenvalue weighted by Crippen LogP contribution is -2.30. The van der Waals surface area contributed by atoms with Crippen molar-refractivity contribution in [1.29, 1.82) is 0 Å². The highest BCUT2D eigenvalue weighted by Gasteiger charge is 2.27. The molecule has 2 nitrogen and oxygen atoms in total. The van der Waals surface area contributed by atoms with Crippen molar-refractivity contribution in [2.45, 2.75) is 46.8 Å². The second-order valence-electron chi connectivity index (χ2n) is 5.33. The fraction of sp³-hybridized carbons (Fsp3) is 0.917. The highest BCUT2D eigenvalue weighted by Crippen LogP contribution is 2.31. The molecular formula is C12H26O2S2. The largest absolute Gasteiger partial charge is 0.481 e. The van der Waals surface area contributed by atoms with Gasteiger partial charge in [0.25, 0.3) is 0 Å². The van der Waals surface area contributed by atoms with Gasteiger partial charge in [-0.3, -0.25) is 4.79 Å². The van der Waals surface area contributed by atoms with Crippen LogP contribution in [0.4, 0.5) is 0 Å². The summed E-state index contributed by atoms with van der Waals surface area (Å²) >= 11 is 8.82. The normalized spacial score (nSPS) is 13.4. The van der Waals surface area contributed by atoms with Crippen molar-refractivity contribution in [3.63, 3.8) is 0 Å². The Labute approximate surface area is 111 Å². The number of carboxylic acids is 1. The zero-order valence-electron chi connectivity index (χ0n) is 11.2. The van der Waals surface area contributed by atoms with Crippen LogP contribution in [0.5, 0.6) is 0 Å². The molecule has 0 rings (SSSR count). The van der Waals surface area contributed by atoms with Crippen LogP contribution in [0.2, 0.25) is 0 Å². The Balaban J connectivity index is 0. The van der Waals surface area contributed by atoms with Crippen molar-refractivity contribution < 1.29 is 9.90 Å². The smallest absolute Gasteiger partial charge is 0.305 e. The molecule has 1 N–H and O–H groups in total. The fourth-order valence-electron chi connectivity index (χ4n) is 0.996. The van der Waals surface area contributed by atoms with Crippen LogP contribution < -0.4 is 0 Å². The molecule has 0 saturated heterocycles. The Kier molecular flexibility index (Phi) is 9.60. The Morgan fingerprint density at radius 2 is 1.56 bits per heavy atom. The molecule has 0 radical (unpaired) electrons. The molecule has 0 amide bonds. The number of rotatable bonds is 4. The van der Waals surface area contributed by atoms with E-state index >= 15 is 0 Å².